The number of nitrogens with zero attached hydrogens (tertiary/aromatic N) is 2. The maximum absolute atomic E-state index is 12.9. The molecular weight excluding hydrogens is 237 g/mol. The van der Waals surface area contributed by atoms with Gasteiger partial charge in [0, 0.05) is 25.8 Å². The number of anilines is 1. The van der Waals surface area contributed by atoms with Gasteiger partial charge in [-0.2, -0.15) is 0 Å². The molecule has 2 N–H and O–H groups in total. The van der Waals surface area contributed by atoms with Gasteiger partial charge in [0.15, 0.2) is 0 Å². The lowest BCUT2D eigenvalue weighted by Gasteiger charge is -2.32. The number of piperazine rings is 1. The summed E-state index contributed by atoms with van der Waals surface area (Å²) in [6, 6.07) is 3.63. The summed E-state index contributed by atoms with van der Waals surface area (Å²) in [5.74, 6) is -0.942. The Bertz CT molecular complexity index is 504. The number of carbonyl (C=O) groups excluding carboxylic acids is 2. The number of hydrogen-bond donors (Lipinski definition) is 1. The van der Waals surface area contributed by atoms with Crippen molar-refractivity contribution in [1.82, 2.24) is 9.80 Å². The van der Waals surface area contributed by atoms with Gasteiger partial charge in [-0.15, -0.1) is 0 Å². The first-order valence-electron chi connectivity index (χ1n) is 5.57. The zero-order chi connectivity index (χ0) is 13.3. The fourth-order valence-corrected chi connectivity index (χ4v) is 1.83. The van der Waals surface area contributed by atoms with Gasteiger partial charge in [0.2, 0.25) is 5.91 Å². The number of likely N-dealkylation sites (N-methyl/N-ethyl adjacent to an activating group) is 1. The highest BCUT2D eigenvalue weighted by atomic mass is 19.1. The Hall–Kier alpha value is -2.11. The Balaban J connectivity index is 2.19. The number of rotatable bonds is 1. The van der Waals surface area contributed by atoms with Crippen LogP contribution in [0.25, 0.3) is 0 Å². The van der Waals surface area contributed by atoms with Gasteiger partial charge in [0.25, 0.3) is 5.91 Å². The van der Waals surface area contributed by atoms with Crippen LogP contribution < -0.4 is 5.73 Å². The highest BCUT2D eigenvalue weighted by molar-refractivity contribution is 6.01. The predicted molar refractivity (Wildman–Crippen MR) is 64.4 cm³/mol. The van der Waals surface area contributed by atoms with Crippen molar-refractivity contribution >= 4 is 17.5 Å². The number of benzene rings is 1. The molecule has 1 fully saturated rings. The Morgan fingerprint density at radius 3 is 2.72 bits per heavy atom. The van der Waals surface area contributed by atoms with E-state index in [0.717, 1.165) is 6.07 Å². The molecular formula is C12H14FN3O2. The largest absolute Gasteiger partial charge is 0.398 e. The number of halogens is 1. The number of carbonyl (C=O) groups is 2. The molecule has 6 heteroatoms. The van der Waals surface area contributed by atoms with Crippen molar-refractivity contribution in [2.75, 3.05) is 32.4 Å². The summed E-state index contributed by atoms with van der Waals surface area (Å²) in [6.45, 7) is 0.982. The lowest BCUT2D eigenvalue weighted by molar-refractivity contribution is -0.133. The third-order valence-electron chi connectivity index (χ3n) is 2.99. The predicted octanol–water partition coefficient (Wildman–Crippen LogP) is 0.322. The third kappa shape index (κ3) is 2.27. The molecule has 1 aliphatic rings. The van der Waals surface area contributed by atoms with Crippen LogP contribution in [0.2, 0.25) is 0 Å². The average molecular weight is 251 g/mol. The molecule has 2 rings (SSSR count). The Labute approximate surface area is 104 Å². The highest BCUT2D eigenvalue weighted by Crippen LogP contribution is 2.16. The molecule has 0 atom stereocenters. The van der Waals surface area contributed by atoms with Gasteiger partial charge in [0.05, 0.1) is 5.56 Å². The number of amides is 2. The van der Waals surface area contributed by atoms with Crippen molar-refractivity contribution in [2.24, 2.45) is 0 Å². The summed E-state index contributed by atoms with van der Waals surface area (Å²) < 4.78 is 12.9. The first kappa shape index (κ1) is 12.3. The fraction of sp³-hybridized carbons (Fsp3) is 0.333. The van der Waals surface area contributed by atoms with E-state index in [4.69, 9.17) is 5.73 Å². The van der Waals surface area contributed by atoms with Crippen LogP contribution in [0.4, 0.5) is 10.1 Å². The Kier molecular flexibility index (Phi) is 3.18. The molecule has 0 radical (unpaired) electrons. The van der Waals surface area contributed by atoms with E-state index in [1.807, 2.05) is 0 Å². The number of hydrogen-bond acceptors (Lipinski definition) is 3. The van der Waals surface area contributed by atoms with Gasteiger partial charge in [-0.25, -0.2) is 4.39 Å². The van der Waals surface area contributed by atoms with Crippen molar-refractivity contribution in [2.45, 2.75) is 0 Å². The van der Waals surface area contributed by atoms with Crippen LogP contribution in [0.3, 0.4) is 0 Å². The molecule has 1 aromatic rings. The van der Waals surface area contributed by atoms with Crippen molar-refractivity contribution in [3.63, 3.8) is 0 Å². The van der Waals surface area contributed by atoms with Gasteiger partial charge >= 0.3 is 0 Å². The molecule has 0 aliphatic carbocycles. The first-order chi connectivity index (χ1) is 8.49. The summed E-state index contributed by atoms with van der Waals surface area (Å²) >= 11 is 0. The number of nitrogens with two attached hydrogens (primary N) is 1. The quantitative estimate of drug-likeness (QED) is 0.731. The Morgan fingerprint density at radius 1 is 1.39 bits per heavy atom. The van der Waals surface area contributed by atoms with E-state index in [2.05, 4.69) is 0 Å². The van der Waals surface area contributed by atoms with Crippen LogP contribution >= 0.6 is 0 Å². The summed E-state index contributed by atoms with van der Waals surface area (Å²) in [5, 5.41) is 0. The second-order valence-corrected chi connectivity index (χ2v) is 4.27. The zero-order valence-electron chi connectivity index (χ0n) is 10.0. The standard InChI is InChI=1S/C12H14FN3O2/c1-15-4-5-16(7-11(15)17)12(18)9-3-2-8(13)6-10(9)14/h2-3,6H,4-5,7,14H2,1H3. The molecule has 1 saturated heterocycles. The van der Waals surface area contributed by atoms with Crippen molar-refractivity contribution in [1.29, 1.82) is 0 Å². The SMILES string of the molecule is CN1CCN(C(=O)c2ccc(F)cc2N)CC1=O. The van der Waals surface area contributed by atoms with Gasteiger partial charge in [0.1, 0.15) is 12.4 Å². The molecule has 0 bridgehead atoms. The second-order valence-electron chi connectivity index (χ2n) is 4.27. The maximum atomic E-state index is 12.9. The van der Waals surface area contributed by atoms with E-state index in [0.29, 0.717) is 13.1 Å². The van der Waals surface area contributed by atoms with E-state index in [9.17, 15) is 14.0 Å². The smallest absolute Gasteiger partial charge is 0.256 e. The average Bonchev–Trinajstić information content (AvgIpc) is 2.32. The molecule has 1 heterocycles. The highest BCUT2D eigenvalue weighted by Gasteiger charge is 2.26. The number of nitrogen functional groups attached to an aromatic ring is 1. The molecule has 0 saturated carbocycles. The van der Waals surface area contributed by atoms with Gasteiger partial charge < -0.3 is 15.5 Å². The van der Waals surface area contributed by atoms with Crippen molar-refractivity contribution in [3.8, 4) is 0 Å². The van der Waals surface area contributed by atoms with Crippen LogP contribution in [0.1, 0.15) is 10.4 Å². The molecule has 0 spiro atoms. The minimum absolute atomic E-state index is 0.0339. The van der Waals surface area contributed by atoms with Crippen LogP contribution in [0.5, 0.6) is 0 Å². The van der Waals surface area contributed by atoms with Gasteiger partial charge in [-0.3, -0.25) is 9.59 Å². The Morgan fingerprint density at radius 2 is 2.11 bits per heavy atom. The van der Waals surface area contributed by atoms with E-state index < -0.39 is 5.82 Å². The molecule has 1 aromatic carbocycles. The summed E-state index contributed by atoms with van der Waals surface area (Å²) in [5.41, 5.74) is 5.93. The van der Waals surface area contributed by atoms with E-state index in [1.54, 1.807) is 11.9 Å². The van der Waals surface area contributed by atoms with Gasteiger partial charge in [-0.1, -0.05) is 0 Å². The molecule has 5 nitrogen and oxygen atoms in total. The van der Waals surface area contributed by atoms with Crippen molar-refractivity contribution < 1.29 is 14.0 Å². The summed E-state index contributed by atoms with van der Waals surface area (Å²) in [4.78, 5) is 26.6. The monoisotopic (exact) mass is 251 g/mol. The summed E-state index contributed by atoms with van der Waals surface area (Å²) in [7, 11) is 1.69. The normalized spacial score (nSPS) is 16.0. The van der Waals surface area contributed by atoms with Crippen LogP contribution in [0.15, 0.2) is 18.2 Å². The molecule has 0 aromatic heterocycles. The maximum Gasteiger partial charge on any atom is 0.256 e. The van der Waals surface area contributed by atoms with Crippen LogP contribution in [0, 0.1) is 5.82 Å². The molecule has 1 aliphatic heterocycles. The minimum atomic E-state index is -0.487. The van der Waals surface area contributed by atoms with E-state index in [-0.39, 0.29) is 29.6 Å². The minimum Gasteiger partial charge on any atom is -0.398 e. The lowest BCUT2D eigenvalue weighted by atomic mass is 10.1. The summed E-state index contributed by atoms with van der Waals surface area (Å²) in [6.07, 6.45) is 0. The van der Waals surface area contributed by atoms with Crippen molar-refractivity contribution in [3.05, 3.63) is 29.6 Å². The lowest BCUT2D eigenvalue weighted by Crippen LogP contribution is -2.50. The molecule has 96 valence electrons. The van der Waals surface area contributed by atoms with Gasteiger partial charge in [-0.05, 0) is 18.2 Å². The molecule has 18 heavy (non-hydrogen) atoms. The zero-order valence-corrected chi connectivity index (χ0v) is 10.0. The molecule has 0 unspecified atom stereocenters. The first-order valence-corrected chi connectivity index (χ1v) is 5.57. The fourth-order valence-electron chi connectivity index (χ4n) is 1.83. The van der Waals surface area contributed by atoms with Crippen LogP contribution in [-0.4, -0.2) is 48.3 Å². The second kappa shape index (κ2) is 4.64. The molecule has 2 amide bonds. The topological polar surface area (TPSA) is 66.6 Å². The van der Waals surface area contributed by atoms with E-state index in [1.165, 1.54) is 17.0 Å². The third-order valence-corrected chi connectivity index (χ3v) is 2.99. The van der Waals surface area contributed by atoms with E-state index >= 15 is 0 Å². The van der Waals surface area contributed by atoms with Crippen LogP contribution in [-0.2, 0) is 4.79 Å².